The summed E-state index contributed by atoms with van der Waals surface area (Å²) in [6.07, 6.45) is 6.05. The number of aromatic nitrogens is 3. The number of anilines is 1. The first-order valence-electron chi connectivity index (χ1n) is 9.14. The van der Waals surface area contributed by atoms with Crippen molar-refractivity contribution < 1.29 is 9.15 Å². The molecule has 4 heterocycles. The Labute approximate surface area is 151 Å². The second-order valence-electron chi connectivity index (χ2n) is 6.78. The van der Waals surface area contributed by atoms with E-state index in [1.54, 1.807) is 6.20 Å². The second-order valence-corrected chi connectivity index (χ2v) is 6.78. The molecular formula is C20H20N4O2. The number of benzene rings is 1. The molecule has 0 saturated carbocycles. The molecule has 2 aromatic heterocycles. The van der Waals surface area contributed by atoms with Gasteiger partial charge in [-0.1, -0.05) is 18.2 Å². The average molecular weight is 348 g/mol. The fourth-order valence-corrected chi connectivity index (χ4v) is 3.73. The number of rotatable bonds is 3. The number of aryl methyl sites for hydroxylation is 2. The molecule has 0 atom stereocenters. The van der Waals surface area contributed by atoms with Gasteiger partial charge in [-0.05, 0) is 48.9 Å². The summed E-state index contributed by atoms with van der Waals surface area (Å²) in [5.41, 5.74) is 4.52. The van der Waals surface area contributed by atoms with Gasteiger partial charge in [-0.3, -0.25) is 0 Å². The van der Waals surface area contributed by atoms with Crippen LogP contribution in [0.5, 0.6) is 5.75 Å². The van der Waals surface area contributed by atoms with E-state index in [4.69, 9.17) is 9.15 Å². The Bertz CT molecular complexity index is 937. The molecule has 0 amide bonds. The normalized spacial score (nSPS) is 15.9. The van der Waals surface area contributed by atoms with Crippen LogP contribution in [0.15, 0.2) is 40.9 Å². The van der Waals surface area contributed by atoms with Crippen molar-refractivity contribution in [3.63, 3.8) is 0 Å². The maximum atomic E-state index is 5.91. The van der Waals surface area contributed by atoms with E-state index in [9.17, 15) is 0 Å². The fourth-order valence-electron chi connectivity index (χ4n) is 3.73. The summed E-state index contributed by atoms with van der Waals surface area (Å²) >= 11 is 0. The van der Waals surface area contributed by atoms with Crippen molar-refractivity contribution >= 4 is 5.69 Å². The average Bonchev–Trinajstić information content (AvgIpc) is 3.16. The molecule has 26 heavy (non-hydrogen) atoms. The smallest absolute Gasteiger partial charge is 0.266 e. The number of hydrogen-bond donors (Lipinski definition) is 0. The highest BCUT2D eigenvalue weighted by atomic mass is 16.5. The number of para-hydroxylation sites is 1. The third-order valence-corrected chi connectivity index (χ3v) is 5.01. The molecule has 1 aromatic carbocycles. The summed E-state index contributed by atoms with van der Waals surface area (Å²) in [5.74, 6) is 1.95. The Morgan fingerprint density at radius 3 is 2.96 bits per heavy atom. The van der Waals surface area contributed by atoms with Crippen LogP contribution in [0.4, 0.5) is 5.69 Å². The van der Waals surface area contributed by atoms with Gasteiger partial charge in [0.25, 0.3) is 5.89 Å². The van der Waals surface area contributed by atoms with Crippen LogP contribution in [0.1, 0.15) is 29.9 Å². The Balaban J connectivity index is 1.38. The van der Waals surface area contributed by atoms with Gasteiger partial charge in [-0.15, -0.1) is 10.2 Å². The van der Waals surface area contributed by atoms with Crippen LogP contribution in [0.3, 0.4) is 0 Å². The number of hydrogen-bond acceptors (Lipinski definition) is 6. The lowest BCUT2D eigenvalue weighted by Crippen LogP contribution is -2.28. The van der Waals surface area contributed by atoms with E-state index < -0.39 is 0 Å². The Kier molecular flexibility index (Phi) is 3.81. The summed E-state index contributed by atoms with van der Waals surface area (Å²) < 4.78 is 11.5. The van der Waals surface area contributed by atoms with Gasteiger partial charge in [0.1, 0.15) is 11.4 Å². The molecule has 0 aliphatic carbocycles. The molecule has 2 aliphatic heterocycles. The maximum absolute atomic E-state index is 5.91. The van der Waals surface area contributed by atoms with Gasteiger partial charge >= 0.3 is 0 Å². The molecule has 3 aromatic rings. The first-order chi connectivity index (χ1) is 12.9. The standard InChI is InChI=1S/C20H20N4O2/c1-2-8-17-14(5-1)6-3-9-24(17)13-19-22-23-20(26-19)16-11-15-7-4-10-25-18(15)12-21-16/h1-2,5,8,11-12H,3-4,6-7,9-10,13H2. The van der Waals surface area contributed by atoms with Crippen LogP contribution in [0.2, 0.25) is 0 Å². The van der Waals surface area contributed by atoms with Gasteiger partial charge < -0.3 is 14.1 Å². The molecule has 5 rings (SSSR count). The molecule has 0 bridgehead atoms. The molecule has 0 fully saturated rings. The maximum Gasteiger partial charge on any atom is 0.266 e. The Hall–Kier alpha value is -2.89. The van der Waals surface area contributed by atoms with Crippen molar-refractivity contribution in [2.75, 3.05) is 18.1 Å². The van der Waals surface area contributed by atoms with Crippen molar-refractivity contribution in [2.24, 2.45) is 0 Å². The monoisotopic (exact) mass is 348 g/mol. The predicted octanol–water partition coefficient (Wildman–Crippen LogP) is 3.41. The minimum absolute atomic E-state index is 0.471. The summed E-state index contributed by atoms with van der Waals surface area (Å²) in [5, 5.41) is 8.45. The van der Waals surface area contributed by atoms with Crippen molar-refractivity contribution in [3.8, 4) is 17.3 Å². The Morgan fingerprint density at radius 1 is 1.04 bits per heavy atom. The van der Waals surface area contributed by atoms with E-state index in [1.165, 1.54) is 11.3 Å². The molecule has 6 heteroatoms. The van der Waals surface area contributed by atoms with Gasteiger partial charge in [0.05, 0.1) is 19.3 Å². The zero-order valence-corrected chi connectivity index (χ0v) is 14.5. The molecule has 0 saturated heterocycles. The van der Waals surface area contributed by atoms with E-state index in [0.717, 1.165) is 50.1 Å². The van der Waals surface area contributed by atoms with Crippen molar-refractivity contribution in [3.05, 3.63) is 53.5 Å². The lowest BCUT2D eigenvalue weighted by atomic mass is 10.0. The first-order valence-corrected chi connectivity index (χ1v) is 9.14. The minimum atomic E-state index is 0.471. The van der Waals surface area contributed by atoms with Crippen LogP contribution in [-0.4, -0.2) is 28.3 Å². The molecule has 0 N–H and O–H groups in total. The minimum Gasteiger partial charge on any atom is -0.492 e. The lowest BCUT2D eigenvalue weighted by Gasteiger charge is -2.29. The van der Waals surface area contributed by atoms with Crippen molar-refractivity contribution in [1.29, 1.82) is 0 Å². The number of fused-ring (bicyclic) bond motifs is 2. The van der Waals surface area contributed by atoms with Crippen LogP contribution in [-0.2, 0) is 19.4 Å². The topological polar surface area (TPSA) is 64.3 Å². The number of pyridine rings is 1. The SMILES string of the molecule is c1ccc2c(c1)CCCN2Cc1nnc(-c2cc3c(cn2)OCCC3)o1. The van der Waals surface area contributed by atoms with E-state index in [2.05, 4.69) is 44.3 Å². The molecule has 132 valence electrons. The predicted molar refractivity (Wildman–Crippen MR) is 97.2 cm³/mol. The van der Waals surface area contributed by atoms with Crippen molar-refractivity contribution in [1.82, 2.24) is 15.2 Å². The molecule has 0 unspecified atom stereocenters. The first kappa shape index (κ1) is 15.4. The third kappa shape index (κ3) is 2.81. The van der Waals surface area contributed by atoms with Crippen LogP contribution in [0, 0.1) is 0 Å². The summed E-state index contributed by atoms with van der Waals surface area (Å²) in [6, 6.07) is 10.5. The summed E-state index contributed by atoms with van der Waals surface area (Å²) in [6.45, 7) is 2.39. The van der Waals surface area contributed by atoms with Crippen LogP contribution < -0.4 is 9.64 Å². The van der Waals surface area contributed by atoms with Gasteiger partial charge in [0.2, 0.25) is 5.89 Å². The van der Waals surface area contributed by atoms with Gasteiger partial charge in [0, 0.05) is 12.2 Å². The number of nitrogens with zero attached hydrogens (tertiary/aromatic N) is 4. The molecule has 0 spiro atoms. The van der Waals surface area contributed by atoms with E-state index in [-0.39, 0.29) is 0 Å². The van der Waals surface area contributed by atoms with Gasteiger partial charge in [-0.2, -0.15) is 0 Å². The zero-order chi connectivity index (χ0) is 17.3. The molecule has 6 nitrogen and oxygen atoms in total. The summed E-state index contributed by atoms with van der Waals surface area (Å²) in [4.78, 5) is 6.73. The summed E-state index contributed by atoms with van der Waals surface area (Å²) in [7, 11) is 0. The quantitative estimate of drug-likeness (QED) is 0.723. The van der Waals surface area contributed by atoms with Gasteiger partial charge in [0.15, 0.2) is 0 Å². The third-order valence-electron chi connectivity index (χ3n) is 5.01. The largest absolute Gasteiger partial charge is 0.492 e. The second kappa shape index (κ2) is 6.44. The van der Waals surface area contributed by atoms with Crippen molar-refractivity contribution in [2.45, 2.75) is 32.2 Å². The highest BCUT2D eigenvalue weighted by molar-refractivity contribution is 5.55. The molecule has 2 aliphatic rings. The molecule has 0 radical (unpaired) electrons. The van der Waals surface area contributed by atoms with Crippen LogP contribution >= 0.6 is 0 Å². The van der Waals surface area contributed by atoms with Crippen LogP contribution in [0.25, 0.3) is 11.6 Å². The van der Waals surface area contributed by atoms with E-state index >= 15 is 0 Å². The highest BCUT2D eigenvalue weighted by Crippen LogP contribution is 2.30. The van der Waals surface area contributed by atoms with E-state index in [0.29, 0.717) is 24.0 Å². The zero-order valence-electron chi connectivity index (χ0n) is 14.5. The fraction of sp³-hybridized carbons (Fsp3) is 0.350. The molecular weight excluding hydrogens is 328 g/mol. The lowest BCUT2D eigenvalue weighted by molar-refractivity contribution is 0.287. The van der Waals surface area contributed by atoms with E-state index in [1.807, 2.05) is 6.07 Å². The highest BCUT2D eigenvalue weighted by Gasteiger charge is 2.20. The number of ether oxygens (including phenoxy) is 1. The van der Waals surface area contributed by atoms with Gasteiger partial charge in [-0.25, -0.2) is 4.98 Å². The Morgan fingerprint density at radius 2 is 1.96 bits per heavy atom.